The molecule has 1 aromatic heterocycles. The maximum Gasteiger partial charge on any atom is 0.223 e. The number of amides is 2. The number of hydrogen-bond donors (Lipinski definition) is 1. The number of primary amides is 1. The number of nitrogens with two attached hydrogens (primary N) is 1. The zero-order chi connectivity index (χ0) is 14.8. The van der Waals surface area contributed by atoms with Crippen molar-refractivity contribution < 1.29 is 9.59 Å². The molecule has 21 heavy (non-hydrogen) atoms. The van der Waals surface area contributed by atoms with Crippen LogP contribution in [0, 0.1) is 5.92 Å². The zero-order valence-corrected chi connectivity index (χ0v) is 11.7. The minimum absolute atomic E-state index is 0.000380. The maximum atomic E-state index is 11.8. The first-order valence-corrected chi connectivity index (χ1v) is 7.05. The first-order chi connectivity index (χ1) is 10.1. The number of rotatable bonds is 4. The van der Waals surface area contributed by atoms with Gasteiger partial charge in [0.2, 0.25) is 11.8 Å². The average Bonchev–Trinajstić information content (AvgIpc) is 2.86. The van der Waals surface area contributed by atoms with Crippen LogP contribution in [0.4, 0.5) is 0 Å². The molecule has 1 fully saturated rings. The number of benzene rings is 1. The van der Waals surface area contributed by atoms with Crippen LogP contribution in [-0.2, 0) is 16.0 Å². The van der Waals surface area contributed by atoms with Gasteiger partial charge in [-0.25, -0.2) is 0 Å². The van der Waals surface area contributed by atoms with Crippen LogP contribution in [0.15, 0.2) is 36.4 Å². The van der Waals surface area contributed by atoms with E-state index in [1.165, 1.54) is 0 Å². The molecule has 1 saturated heterocycles. The van der Waals surface area contributed by atoms with E-state index in [-0.39, 0.29) is 18.2 Å². The highest BCUT2D eigenvalue weighted by atomic mass is 16.2. The molecule has 1 unspecified atom stereocenters. The van der Waals surface area contributed by atoms with E-state index in [1.54, 1.807) is 4.90 Å². The van der Waals surface area contributed by atoms with Crippen LogP contribution in [0.5, 0.6) is 0 Å². The number of carbonyl (C=O) groups is 2. The molecule has 2 N–H and O–H groups in total. The van der Waals surface area contributed by atoms with Gasteiger partial charge < -0.3 is 10.6 Å². The molecule has 2 aromatic rings. The zero-order valence-electron chi connectivity index (χ0n) is 11.7. The molecule has 108 valence electrons. The smallest absolute Gasteiger partial charge is 0.223 e. The maximum absolute atomic E-state index is 11.8. The monoisotopic (exact) mass is 283 g/mol. The van der Waals surface area contributed by atoms with Gasteiger partial charge in [-0.2, -0.15) is 0 Å². The molecule has 5 nitrogen and oxygen atoms in total. The lowest BCUT2D eigenvalue weighted by Crippen LogP contribution is -2.30. The van der Waals surface area contributed by atoms with Gasteiger partial charge in [-0.15, -0.1) is 0 Å². The Balaban J connectivity index is 1.66. The van der Waals surface area contributed by atoms with E-state index in [2.05, 4.69) is 4.98 Å². The molecular formula is C16H17N3O2. The van der Waals surface area contributed by atoms with E-state index in [0.717, 1.165) is 16.6 Å². The van der Waals surface area contributed by atoms with E-state index in [0.29, 0.717) is 19.5 Å². The number of hydrogen-bond acceptors (Lipinski definition) is 3. The normalized spacial score (nSPS) is 18.4. The SMILES string of the molecule is NC(=O)C1CC(=O)N(CCc2ccc3ccccc3n2)C1. The summed E-state index contributed by atoms with van der Waals surface area (Å²) in [4.78, 5) is 29.3. The fraction of sp³-hybridized carbons (Fsp3) is 0.312. The lowest BCUT2D eigenvalue weighted by atomic mass is 10.1. The van der Waals surface area contributed by atoms with Crippen LogP contribution in [0.2, 0.25) is 0 Å². The van der Waals surface area contributed by atoms with Gasteiger partial charge in [-0.05, 0) is 12.1 Å². The van der Waals surface area contributed by atoms with Gasteiger partial charge in [0.25, 0.3) is 0 Å². The van der Waals surface area contributed by atoms with Gasteiger partial charge in [0.15, 0.2) is 0 Å². The van der Waals surface area contributed by atoms with Crippen LogP contribution in [0.25, 0.3) is 10.9 Å². The molecule has 1 atom stereocenters. The Morgan fingerprint density at radius 3 is 2.86 bits per heavy atom. The molecule has 1 aliphatic rings. The summed E-state index contributed by atoms with van der Waals surface area (Å²) in [5.74, 6) is -0.740. The third-order valence-corrected chi connectivity index (χ3v) is 3.91. The lowest BCUT2D eigenvalue weighted by Gasteiger charge is -2.15. The standard InChI is InChI=1S/C16H17N3O2/c17-16(21)12-9-15(20)19(10-12)8-7-13-6-5-11-3-1-2-4-14(11)18-13/h1-6,12H,7-10H2,(H2,17,21). The fourth-order valence-corrected chi connectivity index (χ4v) is 2.68. The third kappa shape index (κ3) is 2.86. The Hall–Kier alpha value is -2.43. The lowest BCUT2D eigenvalue weighted by molar-refractivity contribution is -0.128. The average molecular weight is 283 g/mol. The van der Waals surface area contributed by atoms with Crippen molar-refractivity contribution in [1.82, 2.24) is 9.88 Å². The summed E-state index contributed by atoms with van der Waals surface area (Å²) < 4.78 is 0. The van der Waals surface area contributed by atoms with E-state index >= 15 is 0 Å². The van der Waals surface area contributed by atoms with Crippen molar-refractivity contribution in [3.63, 3.8) is 0 Å². The third-order valence-electron chi connectivity index (χ3n) is 3.91. The number of carbonyl (C=O) groups excluding carboxylic acids is 2. The van der Waals surface area contributed by atoms with Crippen LogP contribution < -0.4 is 5.73 Å². The largest absolute Gasteiger partial charge is 0.369 e. The Labute approximate surface area is 122 Å². The van der Waals surface area contributed by atoms with Crippen molar-refractivity contribution in [2.75, 3.05) is 13.1 Å². The second kappa shape index (κ2) is 5.52. The molecule has 0 bridgehead atoms. The Morgan fingerprint density at radius 1 is 1.29 bits per heavy atom. The second-order valence-corrected chi connectivity index (χ2v) is 5.39. The summed E-state index contributed by atoms with van der Waals surface area (Å²) in [6.07, 6.45) is 0.919. The van der Waals surface area contributed by atoms with Crippen LogP contribution in [-0.4, -0.2) is 34.8 Å². The number of para-hydroxylation sites is 1. The molecule has 1 aliphatic heterocycles. The minimum atomic E-state index is -0.394. The molecule has 0 saturated carbocycles. The molecular weight excluding hydrogens is 266 g/mol. The Morgan fingerprint density at radius 2 is 2.10 bits per heavy atom. The van der Waals surface area contributed by atoms with Gasteiger partial charge in [0, 0.05) is 37.0 Å². The molecule has 3 rings (SSSR count). The summed E-state index contributed by atoms with van der Waals surface area (Å²) >= 11 is 0. The van der Waals surface area contributed by atoms with Crippen molar-refractivity contribution in [3.05, 3.63) is 42.1 Å². The number of fused-ring (bicyclic) bond motifs is 1. The highest BCUT2D eigenvalue weighted by Crippen LogP contribution is 2.18. The van der Waals surface area contributed by atoms with Gasteiger partial charge in [0.1, 0.15) is 0 Å². The number of nitrogens with zero attached hydrogens (tertiary/aromatic N) is 2. The summed E-state index contributed by atoms with van der Waals surface area (Å²) in [7, 11) is 0. The number of likely N-dealkylation sites (tertiary alicyclic amines) is 1. The van der Waals surface area contributed by atoms with Gasteiger partial charge in [-0.3, -0.25) is 14.6 Å². The summed E-state index contributed by atoms with van der Waals surface area (Å²) in [5, 5.41) is 1.10. The molecule has 0 aliphatic carbocycles. The first kappa shape index (κ1) is 13.5. The summed E-state index contributed by atoms with van der Waals surface area (Å²) in [6, 6.07) is 12.0. The topological polar surface area (TPSA) is 76.3 Å². The van der Waals surface area contributed by atoms with Crippen LogP contribution in [0.3, 0.4) is 0 Å². The van der Waals surface area contributed by atoms with E-state index in [4.69, 9.17) is 5.73 Å². The van der Waals surface area contributed by atoms with Crippen molar-refractivity contribution in [2.24, 2.45) is 11.7 Å². The van der Waals surface area contributed by atoms with E-state index < -0.39 is 5.91 Å². The highest BCUT2D eigenvalue weighted by molar-refractivity contribution is 5.88. The van der Waals surface area contributed by atoms with Gasteiger partial charge >= 0.3 is 0 Å². The highest BCUT2D eigenvalue weighted by Gasteiger charge is 2.32. The minimum Gasteiger partial charge on any atom is -0.369 e. The van der Waals surface area contributed by atoms with Crippen molar-refractivity contribution in [3.8, 4) is 0 Å². The summed E-state index contributed by atoms with van der Waals surface area (Å²) in [5.41, 5.74) is 7.17. The quantitative estimate of drug-likeness (QED) is 0.913. The first-order valence-electron chi connectivity index (χ1n) is 7.05. The van der Waals surface area contributed by atoms with Crippen LogP contribution in [0.1, 0.15) is 12.1 Å². The Bertz CT molecular complexity index is 699. The van der Waals surface area contributed by atoms with E-state index in [1.807, 2.05) is 36.4 Å². The van der Waals surface area contributed by atoms with Crippen molar-refractivity contribution in [2.45, 2.75) is 12.8 Å². The molecule has 5 heteroatoms. The number of pyridine rings is 1. The fourth-order valence-electron chi connectivity index (χ4n) is 2.68. The molecule has 0 spiro atoms. The van der Waals surface area contributed by atoms with Crippen molar-refractivity contribution in [1.29, 1.82) is 0 Å². The van der Waals surface area contributed by atoms with Gasteiger partial charge in [-0.1, -0.05) is 24.3 Å². The van der Waals surface area contributed by atoms with Gasteiger partial charge in [0.05, 0.1) is 11.4 Å². The van der Waals surface area contributed by atoms with Crippen molar-refractivity contribution >= 4 is 22.7 Å². The Kier molecular flexibility index (Phi) is 3.56. The number of aromatic nitrogens is 1. The second-order valence-electron chi connectivity index (χ2n) is 5.39. The van der Waals surface area contributed by atoms with E-state index in [9.17, 15) is 9.59 Å². The molecule has 0 radical (unpaired) electrons. The predicted molar refractivity (Wildman–Crippen MR) is 79.3 cm³/mol. The molecule has 1 aromatic carbocycles. The van der Waals surface area contributed by atoms with Crippen LogP contribution >= 0.6 is 0 Å². The predicted octanol–water partition coefficient (Wildman–Crippen LogP) is 1.11. The molecule has 2 amide bonds. The summed E-state index contributed by atoms with van der Waals surface area (Å²) in [6.45, 7) is 1.01. The molecule has 2 heterocycles.